The molecule has 0 saturated heterocycles. The lowest BCUT2D eigenvalue weighted by molar-refractivity contribution is 0.0697. The molecular formula is C12H10BrNO2S. The van der Waals surface area contributed by atoms with Crippen molar-refractivity contribution in [3.8, 4) is 0 Å². The fraction of sp³-hybridized carbons (Fsp3) is 0.0833. The van der Waals surface area contributed by atoms with E-state index in [-0.39, 0.29) is 0 Å². The average Bonchev–Trinajstić information content (AvgIpc) is 2.73. The van der Waals surface area contributed by atoms with E-state index >= 15 is 0 Å². The largest absolute Gasteiger partial charge is 0.478 e. The van der Waals surface area contributed by atoms with Crippen LogP contribution in [-0.2, 0) is 6.54 Å². The van der Waals surface area contributed by atoms with Gasteiger partial charge in [-0.05, 0) is 52.3 Å². The Morgan fingerprint density at radius 1 is 1.24 bits per heavy atom. The molecule has 0 atom stereocenters. The number of rotatable bonds is 4. The van der Waals surface area contributed by atoms with Crippen LogP contribution in [0.2, 0.25) is 0 Å². The lowest BCUT2D eigenvalue weighted by atomic mass is 10.2. The van der Waals surface area contributed by atoms with Gasteiger partial charge in [-0.25, -0.2) is 4.79 Å². The van der Waals surface area contributed by atoms with Crippen LogP contribution in [-0.4, -0.2) is 11.1 Å². The summed E-state index contributed by atoms with van der Waals surface area (Å²) in [5, 5.41) is 12.0. The molecule has 88 valence electrons. The van der Waals surface area contributed by atoms with E-state index in [1.807, 2.05) is 12.1 Å². The van der Waals surface area contributed by atoms with Crippen LogP contribution in [0.3, 0.4) is 0 Å². The zero-order valence-electron chi connectivity index (χ0n) is 8.81. The number of aromatic carboxylic acids is 1. The molecule has 0 bridgehead atoms. The SMILES string of the molecule is O=C(O)c1ccc(NCc2ccc(Br)s2)cc1. The maximum Gasteiger partial charge on any atom is 0.335 e. The molecule has 0 unspecified atom stereocenters. The number of benzene rings is 1. The lowest BCUT2D eigenvalue weighted by Crippen LogP contribution is -1.99. The number of carbonyl (C=O) groups is 1. The molecule has 1 aromatic carbocycles. The first-order valence-electron chi connectivity index (χ1n) is 4.96. The van der Waals surface area contributed by atoms with Gasteiger partial charge in [0.2, 0.25) is 0 Å². The molecule has 0 saturated carbocycles. The van der Waals surface area contributed by atoms with E-state index in [9.17, 15) is 4.79 Å². The Kier molecular flexibility index (Phi) is 3.81. The number of carboxylic acid groups (broad SMARTS) is 1. The van der Waals surface area contributed by atoms with Crippen LogP contribution in [0.5, 0.6) is 0 Å². The molecule has 0 spiro atoms. The van der Waals surface area contributed by atoms with Gasteiger partial charge in [0.15, 0.2) is 0 Å². The third-order valence-corrected chi connectivity index (χ3v) is 3.85. The quantitative estimate of drug-likeness (QED) is 0.902. The zero-order chi connectivity index (χ0) is 12.3. The van der Waals surface area contributed by atoms with Crippen molar-refractivity contribution in [2.24, 2.45) is 0 Å². The predicted molar refractivity (Wildman–Crippen MR) is 72.7 cm³/mol. The van der Waals surface area contributed by atoms with Crippen molar-refractivity contribution in [2.75, 3.05) is 5.32 Å². The summed E-state index contributed by atoms with van der Waals surface area (Å²) in [6, 6.07) is 10.8. The van der Waals surface area contributed by atoms with E-state index in [1.54, 1.807) is 35.6 Å². The monoisotopic (exact) mass is 311 g/mol. The van der Waals surface area contributed by atoms with Crippen molar-refractivity contribution < 1.29 is 9.90 Å². The normalized spacial score (nSPS) is 10.2. The molecule has 17 heavy (non-hydrogen) atoms. The fourth-order valence-corrected chi connectivity index (χ4v) is 2.79. The summed E-state index contributed by atoms with van der Waals surface area (Å²) >= 11 is 5.08. The Morgan fingerprint density at radius 3 is 2.47 bits per heavy atom. The molecule has 3 nitrogen and oxygen atoms in total. The van der Waals surface area contributed by atoms with Crippen LogP contribution in [0.25, 0.3) is 0 Å². The van der Waals surface area contributed by atoms with Crippen LogP contribution in [0.4, 0.5) is 5.69 Å². The standard InChI is InChI=1S/C12H10BrNO2S/c13-11-6-5-10(17-11)7-14-9-3-1-8(2-4-9)12(15)16/h1-6,14H,7H2,(H,15,16). The van der Waals surface area contributed by atoms with Crippen LogP contribution < -0.4 is 5.32 Å². The molecular weight excluding hydrogens is 302 g/mol. The molecule has 0 fully saturated rings. The molecule has 0 amide bonds. The summed E-state index contributed by atoms with van der Waals surface area (Å²) < 4.78 is 1.11. The first kappa shape index (κ1) is 12.1. The molecule has 2 N–H and O–H groups in total. The number of hydrogen-bond acceptors (Lipinski definition) is 3. The lowest BCUT2D eigenvalue weighted by Gasteiger charge is -2.04. The minimum Gasteiger partial charge on any atom is -0.478 e. The van der Waals surface area contributed by atoms with Crippen molar-refractivity contribution in [2.45, 2.75) is 6.54 Å². The number of anilines is 1. The molecule has 1 aromatic heterocycles. The second-order valence-corrected chi connectivity index (χ2v) is 5.99. The van der Waals surface area contributed by atoms with Gasteiger partial charge in [0.05, 0.1) is 9.35 Å². The molecule has 0 aliphatic carbocycles. The van der Waals surface area contributed by atoms with Gasteiger partial charge >= 0.3 is 5.97 Å². The third kappa shape index (κ3) is 3.31. The van der Waals surface area contributed by atoms with Gasteiger partial charge in [0.1, 0.15) is 0 Å². The summed E-state index contributed by atoms with van der Waals surface area (Å²) in [6.07, 6.45) is 0. The van der Waals surface area contributed by atoms with Crippen LogP contribution >= 0.6 is 27.3 Å². The molecule has 0 radical (unpaired) electrons. The van der Waals surface area contributed by atoms with Crippen molar-refractivity contribution >= 4 is 38.9 Å². The van der Waals surface area contributed by atoms with Gasteiger partial charge in [-0.1, -0.05) is 0 Å². The minimum absolute atomic E-state index is 0.300. The summed E-state index contributed by atoms with van der Waals surface area (Å²) in [5.41, 5.74) is 1.22. The van der Waals surface area contributed by atoms with Crippen molar-refractivity contribution in [1.82, 2.24) is 0 Å². The number of hydrogen-bond donors (Lipinski definition) is 2. The predicted octanol–water partition coefficient (Wildman–Crippen LogP) is 3.82. The van der Waals surface area contributed by atoms with E-state index in [4.69, 9.17) is 5.11 Å². The summed E-state index contributed by atoms with van der Waals surface area (Å²) in [5.74, 6) is -0.904. The Balaban J connectivity index is 1.97. The van der Waals surface area contributed by atoms with Crippen molar-refractivity contribution in [3.63, 3.8) is 0 Å². The number of nitrogens with one attached hydrogen (secondary N) is 1. The highest BCUT2D eigenvalue weighted by Gasteiger charge is 2.02. The molecule has 0 aliphatic heterocycles. The Hall–Kier alpha value is -1.33. The van der Waals surface area contributed by atoms with E-state index in [2.05, 4.69) is 21.2 Å². The first-order chi connectivity index (χ1) is 8.15. The molecule has 5 heteroatoms. The van der Waals surface area contributed by atoms with Crippen molar-refractivity contribution in [1.29, 1.82) is 0 Å². The van der Waals surface area contributed by atoms with Crippen molar-refractivity contribution in [3.05, 3.63) is 50.6 Å². The van der Waals surface area contributed by atoms with Gasteiger partial charge in [-0.3, -0.25) is 0 Å². The highest BCUT2D eigenvalue weighted by molar-refractivity contribution is 9.11. The highest BCUT2D eigenvalue weighted by atomic mass is 79.9. The Bertz CT molecular complexity index is 522. The van der Waals surface area contributed by atoms with E-state index in [0.29, 0.717) is 5.56 Å². The average molecular weight is 312 g/mol. The maximum absolute atomic E-state index is 10.7. The maximum atomic E-state index is 10.7. The minimum atomic E-state index is -0.904. The summed E-state index contributed by atoms with van der Waals surface area (Å²) in [7, 11) is 0. The third-order valence-electron chi connectivity index (χ3n) is 2.23. The first-order valence-corrected chi connectivity index (χ1v) is 6.57. The second-order valence-electron chi connectivity index (χ2n) is 3.44. The highest BCUT2D eigenvalue weighted by Crippen LogP contribution is 2.22. The van der Waals surface area contributed by atoms with Crippen LogP contribution in [0.15, 0.2) is 40.2 Å². The molecule has 2 aromatic rings. The Morgan fingerprint density at radius 2 is 1.94 bits per heavy atom. The smallest absolute Gasteiger partial charge is 0.335 e. The van der Waals surface area contributed by atoms with Gasteiger partial charge < -0.3 is 10.4 Å². The van der Waals surface area contributed by atoms with E-state index < -0.39 is 5.97 Å². The van der Waals surface area contributed by atoms with Gasteiger partial charge in [0, 0.05) is 17.1 Å². The van der Waals surface area contributed by atoms with Crippen LogP contribution in [0.1, 0.15) is 15.2 Å². The second kappa shape index (κ2) is 5.33. The number of halogens is 1. The van der Waals surface area contributed by atoms with E-state index in [0.717, 1.165) is 16.0 Å². The molecule has 2 rings (SSSR count). The molecule has 0 aliphatic rings. The Labute approximate surface area is 111 Å². The zero-order valence-corrected chi connectivity index (χ0v) is 11.2. The number of carboxylic acids is 1. The van der Waals surface area contributed by atoms with Crippen LogP contribution in [0, 0.1) is 0 Å². The molecule has 1 heterocycles. The van der Waals surface area contributed by atoms with E-state index in [1.165, 1.54) is 4.88 Å². The number of thiophene rings is 1. The summed E-state index contributed by atoms with van der Waals surface area (Å²) in [6.45, 7) is 0.739. The fourth-order valence-electron chi connectivity index (χ4n) is 1.37. The topological polar surface area (TPSA) is 49.3 Å². The van der Waals surface area contributed by atoms with Gasteiger partial charge in [0.25, 0.3) is 0 Å². The summed E-state index contributed by atoms with van der Waals surface area (Å²) in [4.78, 5) is 11.9. The van der Waals surface area contributed by atoms with Gasteiger partial charge in [-0.2, -0.15) is 0 Å². The van der Waals surface area contributed by atoms with Gasteiger partial charge in [-0.15, -0.1) is 11.3 Å².